The fraction of sp³-hybridized carbons (Fsp3) is 0.571. The van der Waals surface area contributed by atoms with E-state index < -0.39 is 0 Å². The molecule has 1 heterocycles. The van der Waals surface area contributed by atoms with Crippen LogP contribution >= 0.6 is 0 Å². The van der Waals surface area contributed by atoms with Gasteiger partial charge < -0.3 is 10.2 Å². The van der Waals surface area contributed by atoms with Crippen molar-refractivity contribution in [2.75, 3.05) is 24.5 Å². The third-order valence-electron chi connectivity index (χ3n) is 3.89. The zero-order valence-corrected chi connectivity index (χ0v) is 10.00. The van der Waals surface area contributed by atoms with E-state index in [0.29, 0.717) is 0 Å². The minimum absolute atomic E-state index is 0.752. The highest BCUT2D eigenvalue weighted by atomic mass is 15.2. The van der Waals surface area contributed by atoms with Gasteiger partial charge in [0.05, 0.1) is 0 Å². The second kappa shape index (κ2) is 3.77. The van der Waals surface area contributed by atoms with Crippen molar-refractivity contribution in [3.63, 3.8) is 0 Å². The summed E-state index contributed by atoms with van der Waals surface area (Å²) >= 11 is 0. The molecule has 1 spiro atoms. The van der Waals surface area contributed by atoms with Crippen LogP contribution in [0.5, 0.6) is 0 Å². The molecule has 2 fully saturated rings. The van der Waals surface area contributed by atoms with Gasteiger partial charge in [0.25, 0.3) is 0 Å². The predicted molar refractivity (Wildman–Crippen MR) is 67.7 cm³/mol. The standard InChI is InChI=1S/C14H20N2/c1-2-15-9-12-3-5-13(6-4-12)16-10-14(11-16)7-8-14/h3-6,15H,2,7-11H2,1H3. The molecule has 1 aliphatic carbocycles. The van der Waals surface area contributed by atoms with Crippen LogP contribution < -0.4 is 10.2 Å². The summed E-state index contributed by atoms with van der Waals surface area (Å²) in [6.45, 7) is 6.75. The Hall–Kier alpha value is -1.02. The molecule has 1 aromatic rings. The first-order valence-electron chi connectivity index (χ1n) is 6.36. The van der Waals surface area contributed by atoms with Crippen molar-refractivity contribution in [1.82, 2.24) is 5.32 Å². The molecule has 1 saturated carbocycles. The van der Waals surface area contributed by atoms with E-state index in [-0.39, 0.29) is 0 Å². The van der Waals surface area contributed by atoms with Crippen LogP contribution in [0.15, 0.2) is 24.3 Å². The number of anilines is 1. The quantitative estimate of drug-likeness (QED) is 0.831. The molecule has 1 saturated heterocycles. The van der Waals surface area contributed by atoms with Gasteiger partial charge in [-0.15, -0.1) is 0 Å². The van der Waals surface area contributed by atoms with Gasteiger partial charge in [-0.25, -0.2) is 0 Å². The van der Waals surface area contributed by atoms with E-state index in [0.717, 1.165) is 18.5 Å². The van der Waals surface area contributed by atoms with Crippen molar-refractivity contribution in [2.45, 2.75) is 26.3 Å². The fourth-order valence-corrected chi connectivity index (χ4v) is 2.53. The first-order chi connectivity index (χ1) is 7.81. The van der Waals surface area contributed by atoms with E-state index in [4.69, 9.17) is 0 Å². The molecular weight excluding hydrogens is 196 g/mol. The van der Waals surface area contributed by atoms with Crippen molar-refractivity contribution in [2.24, 2.45) is 5.41 Å². The largest absolute Gasteiger partial charge is 0.370 e. The lowest BCUT2D eigenvalue weighted by molar-refractivity contribution is 0.387. The molecule has 0 atom stereocenters. The third-order valence-corrected chi connectivity index (χ3v) is 3.89. The van der Waals surface area contributed by atoms with E-state index in [2.05, 4.69) is 41.4 Å². The molecular formula is C14H20N2. The lowest BCUT2D eigenvalue weighted by Gasteiger charge is -2.42. The van der Waals surface area contributed by atoms with Crippen LogP contribution in [-0.2, 0) is 6.54 Å². The molecule has 0 aromatic heterocycles. The van der Waals surface area contributed by atoms with Crippen LogP contribution in [0.2, 0.25) is 0 Å². The van der Waals surface area contributed by atoms with Gasteiger partial charge in [-0.2, -0.15) is 0 Å². The van der Waals surface area contributed by atoms with Gasteiger partial charge in [-0.3, -0.25) is 0 Å². The molecule has 86 valence electrons. The van der Waals surface area contributed by atoms with Gasteiger partial charge in [-0.1, -0.05) is 19.1 Å². The second-order valence-electron chi connectivity index (χ2n) is 5.30. The lowest BCUT2D eigenvalue weighted by Crippen LogP contribution is -2.48. The summed E-state index contributed by atoms with van der Waals surface area (Å²) in [6, 6.07) is 9.02. The molecule has 3 rings (SSSR count). The van der Waals surface area contributed by atoms with Crippen LogP contribution in [-0.4, -0.2) is 19.6 Å². The summed E-state index contributed by atoms with van der Waals surface area (Å²) in [5.41, 5.74) is 3.53. The Kier molecular flexibility index (Phi) is 2.40. The Morgan fingerprint density at radius 3 is 2.44 bits per heavy atom. The maximum absolute atomic E-state index is 3.35. The lowest BCUT2D eigenvalue weighted by atomic mass is 9.96. The Balaban J connectivity index is 1.59. The van der Waals surface area contributed by atoms with Crippen LogP contribution in [0.1, 0.15) is 25.3 Å². The van der Waals surface area contributed by atoms with Crippen molar-refractivity contribution in [3.05, 3.63) is 29.8 Å². The van der Waals surface area contributed by atoms with Crippen molar-refractivity contribution >= 4 is 5.69 Å². The number of hydrogen-bond donors (Lipinski definition) is 1. The van der Waals surface area contributed by atoms with E-state index in [9.17, 15) is 0 Å². The Morgan fingerprint density at radius 2 is 1.88 bits per heavy atom. The smallest absolute Gasteiger partial charge is 0.0366 e. The summed E-state index contributed by atoms with van der Waals surface area (Å²) in [4.78, 5) is 2.50. The molecule has 1 aliphatic heterocycles. The SMILES string of the molecule is CCNCc1ccc(N2CC3(CC3)C2)cc1. The van der Waals surface area contributed by atoms with Gasteiger partial charge in [-0.05, 0) is 37.1 Å². The van der Waals surface area contributed by atoms with Gasteiger partial charge >= 0.3 is 0 Å². The Bertz CT molecular complexity index is 357. The molecule has 1 aromatic carbocycles. The summed E-state index contributed by atoms with van der Waals surface area (Å²) < 4.78 is 0. The van der Waals surface area contributed by atoms with E-state index in [1.54, 1.807) is 0 Å². The first kappa shape index (κ1) is 10.2. The molecule has 1 N–H and O–H groups in total. The number of rotatable bonds is 4. The van der Waals surface area contributed by atoms with E-state index >= 15 is 0 Å². The Labute approximate surface area is 97.6 Å². The average Bonchev–Trinajstić information content (AvgIpc) is 3.05. The van der Waals surface area contributed by atoms with Gasteiger partial charge in [0, 0.05) is 30.7 Å². The van der Waals surface area contributed by atoms with Crippen LogP contribution in [0.25, 0.3) is 0 Å². The van der Waals surface area contributed by atoms with E-state index in [1.807, 2.05) is 0 Å². The molecule has 2 heteroatoms. The predicted octanol–water partition coefficient (Wildman–Crippen LogP) is 2.40. The minimum atomic E-state index is 0.752. The normalized spacial score (nSPS) is 20.9. The Morgan fingerprint density at radius 1 is 1.19 bits per heavy atom. The highest BCUT2D eigenvalue weighted by Gasteiger charge is 2.52. The zero-order chi connectivity index (χ0) is 11.0. The van der Waals surface area contributed by atoms with Crippen LogP contribution in [0.3, 0.4) is 0 Å². The molecule has 2 aliphatic rings. The molecule has 0 unspecified atom stereocenters. The monoisotopic (exact) mass is 216 g/mol. The van der Waals surface area contributed by atoms with Crippen molar-refractivity contribution < 1.29 is 0 Å². The molecule has 0 radical (unpaired) electrons. The highest BCUT2D eigenvalue weighted by Crippen LogP contribution is 2.53. The molecule has 0 amide bonds. The summed E-state index contributed by atoms with van der Waals surface area (Å²) in [5.74, 6) is 0. The molecule has 2 nitrogen and oxygen atoms in total. The number of hydrogen-bond acceptors (Lipinski definition) is 2. The summed E-state index contributed by atoms with van der Waals surface area (Å²) in [6.07, 6.45) is 2.92. The number of nitrogens with zero attached hydrogens (tertiary/aromatic N) is 1. The minimum Gasteiger partial charge on any atom is -0.370 e. The zero-order valence-electron chi connectivity index (χ0n) is 10.00. The molecule has 0 bridgehead atoms. The van der Waals surface area contributed by atoms with Gasteiger partial charge in [0.15, 0.2) is 0 Å². The fourth-order valence-electron chi connectivity index (χ4n) is 2.53. The van der Waals surface area contributed by atoms with Crippen LogP contribution in [0.4, 0.5) is 5.69 Å². The molecule has 16 heavy (non-hydrogen) atoms. The average molecular weight is 216 g/mol. The van der Waals surface area contributed by atoms with Crippen molar-refractivity contribution in [1.29, 1.82) is 0 Å². The number of nitrogens with one attached hydrogen (secondary N) is 1. The first-order valence-corrected chi connectivity index (χ1v) is 6.36. The van der Waals surface area contributed by atoms with Gasteiger partial charge in [0.2, 0.25) is 0 Å². The van der Waals surface area contributed by atoms with Crippen molar-refractivity contribution in [3.8, 4) is 0 Å². The maximum atomic E-state index is 3.35. The third kappa shape index (κ3) is 1.82. The highest BCUT2D eigenvalue weighted by molar-refractivity contribution is 5.51. The van der Waals surface area contributed by atoms with Crippen LogP contribution in [0, 0.1) is 5.41 Å². The maximum Gasteiger partial charge on any atom is 0.0366 e. The second-order valence-corrected chi connectivity index (χ2v) is 5.30. The number of benzene rings is 1. The summed E-state index contributed by atoms with van der Waals surface area (Å²) in [5, 5.41) is 3.35. The van der Waals surface area contributed by atoms with Gasteiger partial charge in [0.1, 0.15) is 0 Å². The topological polar surface area (TPSA) is 15.3 Å². The van der Waals surface area contributed by atoms with E-state index in [1.165, 1.54) is 37.2 Å². The summed E-state index contributed by atoms with van der Waals surface area (Å²) in [7, 11) is 0.